The van der Waals surface area contributed by atoms with Crippen molar-refractivity contribution < 1.29 is 23.9 Å². The molecule has 44 heavy (non-hydrogen) atoms. The fraction of sp³-hybridized carbons (Fsp3) is 0.562. The van der Waals surface area contributed by atoms with Crippen molar-refractivity contribution in [2.24, 2.45) is 0 Å². The Labute approximate surface area is 260 Å². The number of nitrogens with zero attached hydrogens (tertiary/aromatic N) is 3. The first-order chi connectivity index (χ1) is 21.2. The van der Waals surface area contributed by atoms with Gasteiger partial charge >= 0.3 is 12.1 Å². The van der Waals surface area contributed by atoms with Gasteiger partial charge in [-0.15, -0.1) is 0 Å². The fourth-order valence-corrected chi connectivity index (χ4v) is 5.22. The molecule has 3 heterocycles. The number of benzene rings is 1. The molecule has 12 heteroatoms. The quantitative estimate of drug-likeness (QED) is 0.249. The summed E-state index contributed by atoms with van der Waals surface area (Å²) >= 11 is 0. The first-order valence-electron chi connectivity index (χ1n) is 15.6. The number of unbranched alkanes of at least 4 members (excludes halogenated alkanes) is 2. The molecular weight excluding hydrogens is 562 g/mol. The van der Waals surface area contributed by atoms with Crippen LogP contribution in [0.1, 0.15) is 81.4 Å². The van der Waals surface area contributed by atoms with Crippen molar-refractivity contribution in [2.45, 2.75) is 70.9 Å². The smallest absolute Gasteiger partial charge is 0.412 e. The van der Waals surface area contributed by atoms with Gasteiger partial charge in [-0.2, -0.15) is 0 Å². The lowest BCUT2D eigenvalue weighted by atomic mass is 10.0. The van der Waals surface area contributed by atoms with Gasteiger partial charge < -0.3 is 20.1 Å². The standard InChI is InChI=1S/C32H47N7O5/c1-32(2,3)44-31(42)36-27-13-7-6-12-26(27)34-29(40)28-15-14-24(23-33-28)25(35-30(41)37-39-17-9-10-18-39)11-5-4-8-16-38-19-21-43-22-20-38/h6-7,12-15,23,25H,4-5,8-11,16-22H2,1-3H3,(H,34,40)(H,36,42)(H2,35,37,41). The maximum absolute atomic E-state index is 13.1. The summed E-state index contributed by atoms with van der Waals surface area (Å²) in [6.07, 6.45) is 7.02. The molecule has 12 nitrogen and oxygen atoms in total. The summed E-state index contributed by atoms with van der Waals surface area (Å²) in [6, 6.07) is 9.89. The molecule has 0 spiro atoms. The number of ether oxygens (including phenoxy) is 2. The van der Waals surface area contributed by atoms with Crippen LogP contribution in [0.3, 0.4) is 0 Å². The molecule has 4 amide bonds. The lowest BCUT2D eigenvalue weighted by Gasteiger charge is -2.26. The number of urea groups is 1. The highest BCUT2D eigenvalue weighted by Crippen LogP contribution is 2.24. The van der Waals surface area contributed by atoms with E-state index in [0.717, 1.165) is 90.0 Å². The van der Waals surface area contributed by atoms with E-state index in [1.807, 2.05) is 11.1 Å². The van der Waals surface area contributed by atoms with Gasteiger partial charge in [0.15, 0.2) is 0 Å². The van der Waals surface area contributed by atoms with Gasteiger partial charge in [-0.3, -0.25) is 25.4 Å². The van der Waals surface area contributed by atoms with Crippen LogP contribution in [-0.2, 0) is 9.47 Å². The SMILES string of the molecule is CC(C)(C)OC(=O)Nc1ccccc1NC(=O)c1ccc(C(CCCCCN2CCOCC2)NC(=O)NN2CCCC2)cn1. The summed E-state index contributed by atoms with van der Waals surface area (Å²) in [5.41, 5.74) is 4.18. The lowest BCUT2D eigenvalue weighted by Crippen LogP contribution is -2.46. The highest BCUT2D eigenvalue weighted by molar-refractivity contribution is 6.05. The molecule has 0 aliphatic carbocycles. The van der Waals surface area contributed by atoms with E-state index in [1.165, 1.54) is 0 Å². The van der Waals surface area contributed by atoms with Crippen LogP contribution in [0.15, 0.2) is 42.6 Å². The van der Waals surface area contributed by atoms with Gasteiger partial charge in [0.2, 0.25) is 0 Å². The number of morpholine rings is 1. The molecule has 2 fully saturated rings. The first-order valence-corrected chi connectivity index (χ1v) is 15.6. The van der Waals surface area contributed by atoms with E-state index in [4.69, 9.17) is 9.47 Å². The number of hydrazine groups is 1. The Kier molecular flexibility index (Phi) is 12.3. The molecule has 2 aliphatic rings. The second kappa shape index (κ2) is 16.4. The molecule has 2 aliphatic heterocycles. The number of nitrogens with one attached hydrogen (secondary N) is 4. The molecular formula is C32H47N7O5. The van der Waals surface area contributed by atoms with Crippen LogP contribution in [0.25, 0.3) is 0 Å². The average molecular weight is 610 g/mol. The number of pyridine rings is 1. The zero-order valence-electron chi connectivity index (χ0n) is 26.2. The molecule has 0 saturated carbocycles. The summed E-state index contributed by atoms with van der Waals surface area (Å²) in [4.78, 5) is 45.1. The predicted octanol–water partition coefficient (Wildman–Crippen LogP) is 4.92. The first kappa shape index (κ1) is 33.2. The molecule has 1 unspecified atom stereocenters. The minimum Gasteiger partial charge on any atom is -0.444 e. The molecule has 1 aromatic heterocycles. The van der Waals surface area contributed by atoms with Crippen LogP contribution in [0, 0.1) is 0 Å². The predicted molar refractivity (Wildman–Crippen MR) is 169 cm³/mol. The van der Waals surface area contributed by atoms with E-state index < -0.39 is 17.6 Å². The minimum atomic E-state index is -0.654. The third kappa shape index (κ3) is 11.1. The van der Waals surface area contributed by atoms with Crippen molar-refractivity contribution in [3.05, 3.63) is 53.9 Å². The Morgan fingerprint density at radius 3 is 2.30 bits per heavy atom. The third-order valence-electron chi connectivity index (χ3n) is 7.47. The number of anilines is 2. The van der Waals surface area contributed by atoms with E-state index in [-0.39, 0.29) is 17.8 Å². The number of rotatable bonds is 12. The number of amides is 4. The second-order valence-corrected chi connectivity index (χ2v) is 12.2. The number of hydrogen-bond acceptors (Lipinski definition) is 8. The summed E-state index contributed by atoms with van der Waals surface area (Å²) in [5, 5.41) is 10.6. The minimum absolute atomic E-state index is 0.214. The Morgan fingerprint density at radius 2 is 1.64 bits per heavy atom. The summed E-state index contributed by atoms with van der Waals surface area (Å²) in [6.45, 7) is 11.7. The van der Waals surface area contributed by atoms with Gasteiger partial charge in [-0.05, 0) is 76.8 Å². The van der Waals surface area contributed by atoms with Gasteiger partial charge in [0, 0.05) is 32.4 Å². The van der Waals surface area contributed by atoms with Crippen molar-refractivity contribution in [3.63, 3.8) is 0 Å². The van der Waals surface area contributed by atoms with Crippen LogP contribution in [0.5, 0.6) is 0 Å². The number of para-hydroxylation sites is 2. The third-order valence-corrected chi connectivity index (χ3v) is 7.47. The Balaban J connectivity index is 1.36. The Morgan fingerprint density at radius 1 is 0.932 bits per heavy atom. The van der Waals surface area contributed by atoms with Gasteiger partial charge in [0.1, 0.15) is 11.3 Å². The van der Waals surface area contributed by atoms with Gasteiger partial charge in [-0.25, -0.2) is 14.6 Å². The van der Waals surface area contributed by atoms with Gasteiger partial charge in [0.05, 0.1) is 30.6 Å². The van der Waals surface area contributed by atoms with Crippen molar-refractivity contribution >= 4 is 29.4 Å². The number of carbonyl (C=O) groups is 3. The second-order valence-electron chi connectivity index (χ2n) is 12.2. The maximum Gasteiger partial charge on any atom is 0.412 e. The van der Waals surface area contributed by atoms with Crippen LogP contribution in [-0.4, -0.2) is 84.5 Å². The highest BCUT2D eigenvalue weighted by atomic mass is 16.6. The largest absolute Gasteiger partial charge is 0.444 e. The van der Waals surface area contributed by atoms with E-state index in [9.17, 15) is 14.4 Å². The van der Waals surface area contributed by atoms with Crippen LogP contribution >= 0.6 is 0 Å². The molecule has 1 atom stereocenters. The monoisotopic (exact) mass is 609 g/mol. The number of carbonyl (C=O) groups excluding carboxylic acids is 3. The Hall–Kier alpha value is -3.74. The van der Waals surface area contributed by atoms with Crippen LogP contribution in [0.2, 0.25) is 0 Å². The zero-order chi connectivity index (χ0) is 31.4. The molecule has 4 rings (SSSR count). The van der Waals surface area contributed by atoms with E-state index in [2.05, 4.69) is 31.3 Å². The normalized spacial score (nSPS) is 16.6. The number of aromatic nitrogens is 1. The van der Waals surface area contributed by atoms with E-state index >= 15 is 0 Å². The Bertz CT molecular complexity index is 1220. The molecule has 240 valence electrons. The number of hydrogen-bond donors (Lipinski definition) is 4. The summed E-state index contributed by atoms with van der Waals surface area (Å²) < 4.78 is 10.8. The topological polar surface area (TPSA) is 137 Å². The van der Waals surface area contributed by atoms with Gasteiger partial charge in [0.25, 0.3) is 5.91 Å². The molecule has 2 saturated heterocycles. The molecule has 4 N–H and O–H groups in total. The highest BCUT2D eigenvalue weighted by Gasteiger charge is 2.21. The van der Waals surface area contributed by atoms with Crippen molar-refractivity contribution in [1.29, 1.82) is 0 Å². The molecule has 0 radical (unpaired) electrons. The summed E-state index contributed by atoms with van der Waals surface area (Å²) in [5.74, 6) is -0.422. The molecule has 1 aromatic carbocycles. The van der Waals surface area contributed by atoms with Crippen molar-refractivity contribution in [1.82, 2.24) is 25.6 Å². The van der Waals surface area contributed by atoms with E-state index in [1.54, 1.807) is 57.3 Å². The average Bonchev–Trinajstić information content (AvgIpc) is 3.50. The molecule has 0 bridgehead atoms. The van der Waals surface area contributed by atoms with Crippen LogP contribution in [0.4, 0.5) is 21.0 Å². The maximum atomic E-state index is 13.1. The zero-order valence-corrected chi connectivity index (χ0v) is 26.2. The fourth-order valence-electron chi connectivity index (χ4n) is 5.22. The molecule has 2 aromatic rings. The van der Waals surface area contributed by atoms with E-state index in [0.29, 0.717) is 11.4 Å². The van der Waals surface area contributed by atoms with Gasteiger partial charge in [-0.1, -0.05) is 31.0 Å². The van der Waals surface area contributed by atoms with Crippen LogP contribution < -0.4 is 21.4 Å². The lowest BCUT2D eigenvalue weighted by molar-refractivity contribution is 0.0371. The summed E-state index contributed by atoms with van der Waals surface area (Å²) in [7, 11) is 0. The van der Waals surface area contributed by atoms with Crippen molar-refractivity contribution in [2.75, 3.05) is 56.6 Å². The van der Waals surface area contributed by atoms with Crippen molar-refractivity contribution in [3.8, 4) is 0 Å².